The third-order valence-corrected chi connectivity index (χ3v) is 5.52. The minimum absolute atomic E-state index is 0.0250. The summed E-state index contributed by atoms with van der Waals surface area (Å²) in [6.45, 7) is 0. The molecule has 2 N–H and O–H groups in total. The molecular formula is C23H22FN3O2. The Morgan fingerprint density at radius 3 is 2.38 bits per heavy atom. The van der Waals surface area contributed by atoms with Crippen LogP contribution in [0.2, 0.25) is 0 Å². The number of rotatable bonds is 4. The number of hydrogen-bond acceptors (Lipinski definition) is 4. The van der Waals surface area contributed by atoms with Crippen molar-refractivity contribution >= 4 is 5.91 Å². The standard InChI is InChI=1S/C23H22FN3O2/c24-19-6-4-18(5-7-19)23(29)11-9-20(10-12-23)27-22(28)21-8-3-17(15-26-21)16-2-1-13-25-14-16/h1-8,13-15,20,29H,9-12H2,(H,27,28). The summed E-state index contributed by atoms with van der Waals surface area (Å²) >= 11 is 0. The molecule has 0 aliphatic heterocycles. The fourth-order valence-electron chi connectivity index (χ4n) is 3.78. The maximum Gasteiger partial charge on any atom is 0.270 e. The van der Waals surface area contributed by atoms with Crippen LogP contribution in [0.1, 0.15) is 41.7 Å². The van der Waals surface area contributed by atoms with Gasteiger partial charge in [-0.15, -0.1) is 0 Å². The lowest BCUT2D eigenvalue weighted by atomic mass is 9.77. The number of benzene rings is 1. The SMILES string of the molecule is O=C(NC1CCC(O)(c2ccc(F)cc2)CC1)c1ccc(-c2cccnc2)cn1. The zero-order valence-electron chi connectivity index (χ0n) is 15.9. The van der Waals surface area contributed by atoms with Crippen molar-refractivity contribution in [3.63, 3.8) is 0 Å². The summed E-state index contributed by atoms with van der Waals surface area (Å²) in [6.07, 6.45) is 7.44. The minimum atomic E-state index is -0.974. The van der Waals surface area contributed by atoms with Gasteiger partial charge in [-0.1, -0.05) is 24.3 Å². The number of carbonyl (C=O) groups is 1. The normalized spacial score (nSPS) is 21.5. The first-order valence-electron chi connectivity index (χ1n) is 9.69. The largest absolute Gasteiger partial charge is 0.385 e. The number of aliphatic hydroxyl groups is 1. The fourth-order valence-corrected chi connectivity index (χ4v) is 3.78. The van der Waals surface area contributed by atoms with Crippen LogP contribution in [-0.4, -0.2) is 27.0 Å². The van der Waals surface area contributed by atoms with E-state index in [9.17, 15) is 14.3 Å². The first kappa shape index (κ1) is 19.2. The number of carbonyl (C=O) groups excluding carboxylic acids is 1. The highest BCUT2D eigenvalue weighted by Crippen LogP contribution is 2.37. The Kier molecular flexibility index (Phi) is 5.36. The van der Waals surface area contributed by atoms with Crippen LogP contribution >= 0.6 is 0 Å². The Labute approximate surface area is 168 Å². The first-order chi connectivity index (χ1) is 14.0. The van der Waals surface area contributed by atoms with Crippen molar-refractivity contribution < 1.29 is 14.3 Å². The van der Waals surface area contributed by atoms with Gasteiger partial charge in [0.1, 0.15) is 11.5 Å². The van der Waals surface area contributed by atoms with Crippen molar-refractivity contribution in [2.45, 2.75) is 37.3 Å². The molecule has 3 aromatic rings. The molecule has 0 spiro atoms. The highest BCUT2D eigenvalue weighted by Gasteiger charge is 2.35. The molecule has 1 saturated carbocycles. The van der Waals surface area contributed by atoms with E-state index >= 15 is 0 Å². The Morgan fingerprint density at radius 1 is 1.03 bits per heavy atom. The van der Waals surface area contributed by atoms with Gasteiger partial charge >= 0.3 is 0 Å². The molecule has 0 radical (unpaired) electrons. The van der Waals surface area contributed by atoms with Crippen LogP contribution < -0.4 is 5.32 Å². The molecule has 2 heterocycles. The van der Waals surface area contributed by atoms with Gasteiger partial charge in [0.05, 0.1) is 5.60 Å². The maximum absolute atomic E-state index is 13.1. The minimum Gasteiger partial charge on any atom is -0.385 e. The van der Waals surface area contributed by atoms with Crippen LogP contribution in [-0.2, 0) is 5.60 Å². The quantitative estimate of drug-likeness (QED) is 0.709. The average molecular weight is 391 g/mol. The Bertz CT molecular complexity index is 967. The van der Waals surface area contributed by atoms with E-state index in [0.717, 1.165) is 16.7 Å². The topological polar surface area (TPSA) is 75.1 Å². The Hall–Kier alpha value is -3.12. The summed E-state index contributed by atoms with van der Waals surface area (Å²) in [5.41, 5.74) is 1.95. The second-order valence-corrected chi connectivity index (χ2v) is 7.46. The molecule has 6 heteroatoms. The average Bonchev–Trinajstić information content (AvgIpc) is 2.76. The van der Waals surface area contributed by atoms with Crippen molar-refractivity contribution in [1.29, 1.82) is 0 Å². The van der Waals surface area contributed by atoms with E-state index in [-0.39, 0.29) is 17.8 Å². The number of halogens is 1. The van der Waals surface area contributed by atoms with Crippen LogP contribution in [0.4, 0.5) is 4.39 Å². The third-order valence-electron chi connectivity index (χ3n) is 5.52. The molecule has 29 heavy (non-hydrogen) atoms. The van der Waals surface area contributed by atoms with E-state index < -0.39 is 5.60 Å². The molecule has 0 atom stereocenters. The van der Waals surface area contributed by atoms with E-state index in [2.05, 4.69) is 15.3 Å². The highest BCUT2D eigenvalue weighted by molar-refractivity contribution is 5.92. The Balaban J connectivity index is 1.35. The summed E-state index contributed by atoms with van der Waals surface area (Å²) in [5, 5.41) is 13.9. The van der Waals surface area contributed by atoms with Gasteiger partial charge in [-0.2, -0.15) is 0 Å². The van der Waals surface area contributed by atoms with E-state index in [1.807, 2.05) is 18.2 Å². The number of aromatic nitrogens is 2. The van der Waals surface area contributed by atoms with Crippen LogP contribution in [0.3, 0.4) is 0 Å². The molecule has 1 fully saturated rings. The van der Waals surface area contributed by atoms with E-state index in [1.54, 1.807) is 36.8 Å². The zero-order valence-corrected chi connectivity index (χ0v) is 15.9. The van der Waals surface area contributed by atoms with Crippen molar-refractivity contribution in [3.8, 4) is 11.1 Å². The molecule has 148 valence electrons. The van der Waals surface area contributed by atoms with Gasteiger partial charge in [0.15, 0.2) is 0 Å². The molecule has 5 nitrogen and oxygen atoms in total. The molecule has 0 unspecified atom stereocenters. The van der Waals surface area contributed by atoms with Crippen molar-refractivity contribution in [3.05, 3.63) is 84.2 Å². The molecule has 2 aromatic heterocycles. The van der Waals surface area contributed by atoms with Gasteiger partial charge in [0, 0.05) is 35.8 Å². The van der Waals surface area contributed by atoms with Crippen LogP contribution in [0.25, 0.3) is 11.1 Å². The van der Waals surface area contributed by atoms with Gasteiger partial charge < -0.3 is 10.4 Å². The summed E-state index contributed by atoms with van der Waals surface area (Å²) in [7, 11) is 0. The van der Waals surface area contributed by atoms with Gasteiger partial charge in [0.2, 0.25) is 0 Å². The molecule has 1 aliphatic rings. The van der Waals surface area contributed by atoms with Gasteiger partial charge in [0.25, 0.3) is 5.91 Å². The molecule has 0 bridgehead atoms. The third kappa shape index (κ3) is 4.32. The van der Waals surface area contributed by atoms with E-state index in [1.165, 1.54) is 12.1 Å². The molecule has 4 rings (SSSR count). The molecule has 1 amide bonds. The highest BCUT2D eigenvalue weighted by atomic mass is 19.1. The van der Waals surface area contributed by atoms with Crippen molar-refractivity contribution in [2.75, 3.05) is 0 Å². The maximum atomic E-state index is 13.1. The van der Waals surface area contributed by atoms with E-state index in [4.69, 9.17) is 0 Å². The second kappa shape index (κ2) is 8.09. The Morgan fingerprint density at radius 2 is 1.76 bits per heavy atom. The molecular weight excluding hydrogens is 369 g/mol. The molecule has 0 saturated heterocycles. The number of hydrogen-bond donors (Lipinski definition) is 2. The number of nitrogens with zero attached hydrogens (tertiary/aromatic N) is 2. The summed E-state index contributed by atoms with van der Waals surface area (Å²) in [6, 6.07) is 13.3. The number of pyridine rings is 2. The lowest BCUT2D eigenvalue weighted by Gasteiger charge is -2.36. The van der Waals surface area contributed by atoms with Crippen LogP contribution in [0, 0.1) is 5.82 Å². The van der Waals surface area contributed by atoms with Gasteiger partial charge in [-0.3, -0.25) is 14.8 Å². The van der Waals surface area contributed by atoms with Crippen molar-refractivity contribution in [1.82, 2.24) is 15.3 Å². The predicted octanol–water partition coefficient (Wildman–Crippen LogP) is 3.84. The molecule has 1 aromatic carbocycles. The van der Waals surface area contributed by atoms with Crippen LogP contribution in [0.15, 0.2) is 67.1 Å². The monoisotopic (exact) mass is 391 g/mol. The van der Waals surface area contributed by atoms with Gasteiger partial charge in [-0.25, -0.2) is 4.39 Å². The van der Waals surface area contributed by atoms with E-state index in [0.29, 0.717) is 31.4 Å². The summed E-state index contributed by atoms with van der Waals surface area (Å²) < 4.78 is 13.1. The van der Waals surface area contributed by atoms with Crippen molar-refractivity contribution in [2.24, 2.45) is 0 Å². The van der Waals surface area contributed by atoms with Crippen LogP contribution in [0.5, 0.6) is 0 Å². The first-order valence-corrected chi connectivity index (χ1v) is 9.69. The summed E-state index contributed by atoms with van der Waals surface area (Å²) in [4.78, 5) is 20.9. The zero-order chi connectivity index (χ0) is 20.3. The fraction of sp³-hybridized carbons (Fsp3) is 0.261. The number of nitrogens with one attached hydrogen (secondary N) is 1. The smallest absolute Gasteiger partial charge is 0.270 e. The molecule has 1 aliphatic carbocycles. The lowest BCUT2D eigenvalue weighted by molar-refractivity contribution is -0.00810. The lowest BCUT2D eigenvalue weighted by Crippen LogP contribution is -2.42. The number of amides is 1. The van der Waals surface area contributed by atoms with Gasteiger partial charge in [-0.05, 0) is 55.5 Å². The predicted molar refractivity (Wildman–Crippen MR) is 107 cm³/mol. The summed E-state index contributed by atoms with van der Waals surface area (Å²) in [5.74, 6) is -0.541. The second-order valence-electron chi connectivity index (χ2n) is 7.46.